The van der Waals surface area contributed by atoms with Gasteiger partial charge in [-0.05, 0) is 60.4 Å². The van der Waals surface area contributed by atoms with Crippen molar-refractivity contribution in [3.05, 3.63) is 80.8 Å². The van der Waals surface area contributed by atoms with Crippen LogP contribution in [-0.2, 0) is 11.2 Å². The minimum absolute atomic E-state index is 0.109. The number of benzene rings is 2. The highest BCUT2D eigenvalue weighted by molar-refractivity contribution is 5.89. The molecule has 6 nitrogen and oxygen atoms in total. The van der Waals surface area contributed by atoms with Crippen molar-refractivity contribution in [2.75, 3.05) is 24.6 Å². The van der Waals surface area contributed by atoms with Crippen molar-refractivity contribution >= 4 is 17.7 Å². The van der Waals surface area contributed by atoms with Gasteiger partial charge in [-0.3, -0.25) is 10.1 Å². The molecule has 3 rings (SSSR count). The van der Waals surface area contributed by atoms with Crippen molar-refractivity contribution in [3.8, 4) is 0 Å². The topological polar surface area (TPSA) is 72.7 Å². The summed E-state index contributed by atoms with van der Waals surface area (Å²) < 4.78 is 18.1. The van der Waals surface area contributed by atoms with E-state index in [9.17, 15) is 19.3 Å². The van der Waals surface area contributed by atoms with Crippen molar-refractivity contribution in [1.29, 1.82) is 0 Å². The molecule has 0 N–H and O–H groups in total. The summed E-state index contributed by atoms with van der Waals surface area (Å²) in [5.74, 6) is -0.851. The van der Waals surface area contributed by atoms with Crippen molar-refractivity contribution in [1.82, 2.24) is 0 Å². The lowest BCUT2D eigenvalue weighted by molar-refractivity contribution is -0.422. The Morgan fingerprint density at radius 2 is 2.04 bits per heavy atom. The zero-order chi connectivity index (χ0) is 20.1. The summed E-state index contributed by atoms with van der Waals surface area (Å²) in [7, 11) is 0. The van der Waals surface area contributed by atoms with E-state index >= 15 is 0 Å². The number of nitro groups is 1. The van der Waals surface area contributed by atoms with Crippen LogP contribution in [0, 0.1) is 15.9 Å². The molecule has 28 heavy (non-hydrogen) atoms. The van der Waals surface area contributed by atoms with Crippen LogP contribution >= 0.6 is 0 Å². The Balaban J connectivity index is 1.51. The van der Waals surface area contributed by atoms with Crippen molar-refractivity contribution in [2.45, 2.75) is 19.8 Å². The molecule has 1 aliphatic heterocycles. The number of halogens is 1. The summed E-state index contributed by atoms with van der Waals surface area (Å²) in [6.07, 6.45) is 3.12. The van der Waals surface area contributed by atoms with Gasteiger partial charge in [0.25, 0.3) is 0 Å². The predicted molar refractivity (Wildman–Crippen MR) is 104 cm³/mol. The van der Waals surface area contributed by atoms with E-state index in [1.165, 1.54) is 31.2 Å². The molecule has 0 radical (unpaired) electrons. The highest BCUT2D eigenvalue weighted by Gasteiger charge is 2.19. The molecule has 2 aromatic rings. The third-order valence-electron chi connectivity index (χ3n) is 4.64. The lowest BCUT2D eigenvalue weighted by Gasteiger charge is -2.19. The number of hydrogen-bond acceptors (Lipinski definition) is 5. The number of esters is 1. The summed E-state index contributed by atoms with van der Waals surface area (Å²) in [6.45, 7) is 3.37. The van der Waals surface area contributed by atoms with Crippen LogP contribution in [0.4, 0.5) is 10.1 Å². The average molecular weight is 384 g/mol. The Bertz CT molecular complexity index is 909. The average Bonchev–Trinajstić information content (AvgIpc) is 3.07. The minimum atomic E-state index is -0.459. The molecule has 0 unspecified atom stereocenters. The van der Waals surface area contributed by atoms with Crippen LogP contribution in [0.15, 0.2) is 48.2 Å². The monoisotopic (exact) mass is 384 g/mol. The molecule has 0 aromatic heterocycles. The first-order chi connectivity index (χ1) is 13.4. The fourth-order valence-corrected chi connectivity index (χ4v) is 3.20. The zero-order valence-corrected chi connectivity index (χ0v) is 15.6. The van der Waals surface area contributed by atoms with Gasteiger partial charge in [0, 0.05) is 31.8 Å². The Labute approximate surface area is 162 Å². The molecule has 2 aromatic carbocycles. The van der Waals surface area contributed by atoms with Crippen LogP contribution in [0.25, 0.3) is 6.08 Å². The number of carbonyl (C=O) groups excluding carboxylic acids is 1. The van der Waals surface area contributed by atoms with Crippen molar-refractivity contribution < 1.29 is 18.8 Å². The third-order valence-corrected chi connectivity index (χ3v) is 4.64. The van der Waals surface area contributed by atoms with E-state index in [0.29, 0.717) is 12.0 Å². The molecule has 0 saturated heterocycles. The number of allylic oxidation sites excluding steroid dienone is 1. The van der Waals surface area contributed by atoms with Crippen LogP contribution < -0.4 is 4.90 Å². The first kappa shape index (κ1) is 19.5. The molecule has 0 amide bonds. The summed E-state index contributed by atoms with van der Waals surface area (Å²) in [5.41, 5.74) is 3.54. The molecule has 0 saturated carbocycles. The number of ether oxygens (including phenoxy) is 1. The smallest absolute Gasteiger partial charge is 0.338 e. The molecule has 0 fully saturated rings. The van der Waals surface area contributed by atoms with Gasteiger partial charge in [0.1, 0.15) is 5.82 Å². The standard InChI is InChI=1S/C21H21FN2O4/c1-15(24(26)27)13-16-3-8-20-18(14-16)9-11-23(20)10-2-12-28-21(25)17-4-6-19(22)7-5-17/h3-8,13-14H,2,9-12H2,1H3/b15-13+. The lowest BCUT2D eigenvalue weighted by atomic mass is 10.1. The van der Waals surface area contributed by atoms with Crippen molar-refractivity contribution in [2.24, 2.45) is 0 Å². The van der Waals surface area contributed by atoms with E-state index in [1.807, 2.05) is 18.2 Å². The maximum Gasteiger partial charge on any atom is 0.338 e. The summed E-state index contributed by atoms with van der Waals surface area (Å²) in [5, 5.41) is 10.8. The third kappa shape index (κ3) is 4.73. The Kier molecular flexibility index (Phi) is 6.03. The first-order valence-electron chi connectivity index (χ1n) is 9.07. The number of fused-ring (bicyclic) bond motifs is 1. The van der Waals surface area contributed by atoms with E-state index in [0.717, 1.165) is 36.3 Å². The second kappa shape index (κ2) is 8.65. The quantitative estimate of drug-likeness (QED) is 0.311. The Morgan fingerprint density at radius 1 is 1.29 bits per heavy atom. The van der Waals surface area contributed by atoms with Gasteiger partial charge in [-0.25, -0.2) is 9.18 Å². The van der Waals surface area contributed by atoms with Gasteiger partial charge in [0.2, 0.25) is 5.70 Å². The minimum Gasteiger partial charge on any atom is -0.462 e. The SMILES string of the molecule is C/C(=C\c1ccc2c(c1)CCN2CCCOC(=O)c1ccc(F)cc1)[N+](=O)[O-]. The molecule has 1 heterocycles. The summed E-state index contributed by atoms with van der Waals surface area (Å²) in [4.78, 5) is 24.5. The summed E-state index contributed by atoms with van der Waals surface area (Å²) >= 11 is 0. The van der Waals surface area contributed by atoms with Gasteiger partial charge < -0.3 is 9.64 Å². The van der Waals surface area contributed by atoms with E-state index in [-0.39, 0.29) is 12.3 Å². The second-order valence-electron chi connectivity index (χ2n) is 6.66. The fraction of sp³-hybridized carbons (Fsp3) is 0.286. The second-order valence-corrected chi connectivity index (χ2v) is 6.66. The molecule has 0 aliphatic carbocycles. The first-order valence-corrected chi connectivity index (χ1v) is 9.07. The number of hydrogen-bond donors (Lipinski definition) is 0. The maximum atomic E-state index is 12.9. The molecule has 0 spiro atoms. The van der Waals surface area contributed by atoms with Gasteiger partial charge in [0.05, 0.1) is 17.1 Å². The predicted octanol–water partition coefficient (Wildman–Crippen LogP) is 4.07. The van der Waals surface area contributed by atoms with Gasteiger partial charge in [-0.2, -0.15) is 0 Å². The molecule has 146 valence electrons. The van der Waals surface area contributed by atoms with Gasteiger partial charge >= 0.3 is 5.97 Å². The molecule has 1 aliphatic rings. The van der Waals surface area contributed by atoms with Gasteiger partial charge in [-0.15, -0.1) is 0 Å². The molecule has 0 atom stereocenters. The van der Waals surface area contributed by atoms with Crippen molar-refractivity contribution in [3.63, 3.8) is 0 Å². The Morgan fingerprint density at radius 3 is 2.75 bits per heavy atom. The maximum absolute atomic E-state index is 12.9. The van der Waals surface area contributed by atoms with E-state index in [1.54, 1.807) is 6.08 Å². The lowest BCUT2D eigenvalue weighted by Crippen LogP contribution is -2.23. The normalized spacial score (nSPS) is 13.4. The number of carbonyl (C=O) groups is 1. The van der Waals surface area contributed by atoms with Crippen LogP contribution in [0.2, 0.25) is 0 Å². The van der Waals surface area contributed by atoms with E-state index in [4.69, 9.17) is 4.74 Å². The number of rotatable bonds is 7. The highest BCUT2D eigenvalue weighted by Crippen LogP contribution is 2.29. The van der Waals surface area contributed by atoms with E-state index in [2.05, 4.69) is 4.90 Å². The van der Waals surface area contributed by atoms with Crippen LogP contribution in [0.1, 0.15) is 34.8 Å². The van der Waals surface area contributed by atoms with Crippen LogP contribution in [0.3, 0.4) is 0 Å². The Hall–Kier alpha value is -3.22. The number of nitrogens with zero attached hydrogens (tertiary/aromatic N) is 2. The molecular weight excluding hydrogens is 363 g/mol. The molecule has 0 bridgehead atoms. The van der Waals surface area contributed by atoms with Gasteiger partial charge in [-0.1, -0.05) is 6.07 Å². The number of anilines is 1. The van der Waals surface area contributed by atoms with Crippen LogP contribution in [0.5, 0.6) is 0 Å². The van der Waals surface area contributed by atoms with Gasteiger partial charge in [0.15, 0.2) is 0 Å². The van der Waals surface area contributed by atoms with Crippen LogP contribution in [-0.4, -0.2) is 30.6 Å². The zero-order valence-electron chi connectivity index (χ0n) is 15.6. The molecular formula is C21H21FN2O4. The van der Waals surface area contributed by atoms with E-state index < -0.39 is 16.7 Å². The largest absolute Gasteiger partial charge is 0.462 e. The summed E-state index contributed by atoms with van der Waals surface area (Å²) in [6, 6.07) is 11.1. The highest BCUT2D eigenvalue weighted by atomic mass is 19.1. The fourth-order valence-electron chi connectivity index (χ4n) is 3.20. The molecule has 7 heteroatoms.